The first-order chi connectivity index (χ1) is 13.2. The molecule has 0 aliphatic heterocycles. The van der Waals surface area contributed by atoms with Crippen molar-refractivity contribution < 1.29 is 14.3 Å². The maximum absolute atomic E-state index is 12.4. The summed E-state index contributed by atoms with van der Waals surface area (Å²) in [5.74, 6) is -0.401. The second-order valence-electron chi connectivity index (χ2n) is 5.69. The Kier molecular flexibility index (Phi) is 5.56. The van der Waals surface area contributed by atoms with Crippen LogP contribution in [0.15, 0.2) is 90.5 Å². The third-order valence-corrected chi connectivity index (χ3v) is 3.81. The molecule has 0 bridgehead atoms. The molecule has 0 aliphatic carbocycles. The van der Waals surface area contributed by atoms with Crippen molar-refractivity contribution in [1.29, 1.82) is 5.26 Å². The molecular weight excluding hydrogens is 338 g/mol. The van der Waals surface area contributed by atoms with Gasteiger partial charge in [-0.3, -0.25) is 4.79 Å². The highest BCUT2D eigenvalue weighted by molar-refractivity contribution is 6.14. The number of benzene rings is 3. The molecule has 0 heterocycles. The molecule has 4 nitrogen and oxygen atoms in total. The summed E-state index contributed by atoms with van der Waals surface area (Å²) < 4.78 is 5.31. The predicted molar refractivity (Wildman–Crippen MR) is 102 cm³/mol. The summed E-state index contributed by atoms with van der Waals surface area (Å²) in [6.45, 7) is 0. The molecule has 4 heteroatoms. The summed E-state index contributed by atoms with van der Waals surface area (Å²) in [5, 5.41) is 9.31. The van der Waals surface area contributed by atoms with Crippen LogP contribution in [0.2, 0.25) is 0 Å². The highest BCUT2D eigenvalue weighted by Gasteiger charge is 2.12. The Labute approximate surface area is 157 Å². The molecule has 3 aromatic rings. The van der Waals surface area contributed by atoms with Gasteiger partial charge in [-0.05, 0) is 35.9 Å². The fourth-order valence-electron chi connectivity index (χ4n) is 2.43. The summed E-state index contributed by atoms with van der Waals surface area (Å²) in [7, 11) is 0. The van der Waals surface area contributed by atoms with Gasteiger partial charge in [0.25, 0.3) is 0 Å². The third-order valence-electron chi connectivity index (χ3n) is 3.81. The zero-order chi connectivity index (χ0) is 19.1. The highest BCUT2D eigenvalue weighted by atomic mass is 16.5. The van der Waals surface area contributed by atoms with Gasteiger partial charge in [-0.1, -0.05) is 60.7 Å². The van der Waals surface area contributed by atoms with E-state index < -0.39 is 5.97 Å². The van der Waals surface area contributed by atoms with Crippen LogP contribution in [0.4, 0.5) is 0 Å². The van der Waals surface area contributed by atoms with Crippen LogP contribution in [-0.2, 0) is 0 Å². The van der Waals surface area contributed by atoms with Crippen LogP contribution >= 0.6 is 0 Å². The Hall–Kier alpha value is -3.97. The van der Waals surface area contributed by atoms with E-state index >= 15 is 0 Å². The maximum atomic E-state index is 12.4. The number of hydrogen-bond donors (Lipinski definition) is 0. The van der Waals surface area contributed by atoms with Crippen LogP contribution in [0.25, 0.3) is 6.08 Å². The third kappa shape index (κ3) is 4.56. The number of nitriles is 1. The topological polar surface area (TPSA) is 67.2 Å². The van der Waals surface area contributed by atoms with E-state index in [-0.39, 0.29) is 11.4 Å². The van der Waals surface area contributed by atoms with Crippen molar-refractivity contribution in [2.75, 3.05) is 0 Å². The Morgan fingerprint density at radius 1 is 0.778 bits per heavy atom. The molecule has 0 saturated carbocycles. The van der Waals surface area contributed by atoms with Gasteiger partial charge >= 0.3 is 5.97 Å². The van der Waals surface area contributed by atoms with Gasteiger partial charge in [-0.25, -0.2) is 4.79 Å². The number of nitrogens with zero attached hydrogens (tertiary/aromatic N) is 1. The van der Waals surface area contributed by atoms with Gasteiger partial charge in [0, 0.05) is 5.56 Å². The van der Waals surface area contributed by atoms with Crippen LogP contribution in [0.5, 0.6) is 5.75 Å². The summed E-state index contributed by atoms with van der Waals surface area (Å²) >= 11 is 0. The molecule has 0 spiro atoms. The first-order valence-electron chi connectivity index (χ1n) is 8.26. The Morgan fingerprint density at radius 2 is 1.33 bits per heavy atom. The standard InChI is InChI=1S/C23H15NO3/c24-16-20(22(25)18-7-3-1-4-8-18)15-17-11-13-21(14-12-17)27-23(26)19-9-5-2-6-10-19/h1-15H/b20-15+. The fourth-order valence-corrected chi connectivity index (χ4v) is 2.43. The molecule has 0 N–H and O–H groups in total. The van der Waals surface area contributed by atoms with E-state index in [1.165, 1.54) is 6.08 Å². The molecule has 0 fully saturated rings. The second kappa shape index (κ2) is 8.41. The van der Waals surface area contributed by atoms with Crippen molar-refractivity contribution in [3.05, 3.63) is 107 Å². The van der Waals surface area contributed by atoms with Crippen LogP contribution in [0.1, 0.15) is 26.3 Å². The first-order valence-corrected chi connectivity index (χ1v) is 8.26. The van der Waals surface area contributed by atoms with Crippen molar-refractivity contribution in [2.45, 2.75) is 0 Å². The minimum atomic E-state index is -0.448. The van der Waals surface area contributed by atoms with Gasteiger partial charge < -0.3 is 4.74 Å². The van der Waals surface area contributed by atoms with E-state index in [9.17, 15) is 14.9 Å². The van der Waals surface area contributed by atoms with Gasteiger partial charge in [-0.2, -0.15) is 5.26 Å². The number of allylic oxidation sites excluding steroid dienone is 1. The normalized spacial score (nSPS) is 10.7. The Balaban J connectivity index is 1.74. The van der Waals surface area contributed by atoms with Crippen LogP contribution in [0, 0.1) is 11.3 Å². The minimum Gasteiger partial charge on any atom is -0.423 e. The number of carbonyl (C=O) groups excluding carboxylic acids is 2. The van der Waals surface area contributed by atoms with Gasteiger partial charge in [0.1, 0.15) is 17.4 Å². The summed E-state index contributed by atoms with van der Waals surface area (Å²) in [4.78, 5) is 24.4. The van der Waals surface area contributed by atoms with Crippen molar-refractivity contribution in [3.63, 3.8) is 0 Å². The summed E-state index contributed by atoms with van der Waals surface area (Å²) in [6, 6.07) is 25.9. The molecule has 0 aliphatic rings. The number of esters is 1. The second-order valence-corrected chi connectivity index (χ2v) is 5.69. The maximum Gasteiger partial charge on any atom is 0.343 e. The van der Waals surface area contributed by atoms with Crippen molar-refractivity contribution >= 4 is 17.8 Å². The molecule has 0 radical (unpaired) electrons. The number of Topliss-reactive ketones (excluding diaryl/α,β-unsaturated/α-hetero) is 1. The number of ether oxygens (including phenoxy) is 1. The number of rotatable bonds is 5. The van der Waals surface area contributed by atoms with Gasteiger partial charge in [0.2, 0.25) is 5.78 Å². The smallest absolute Gasteiger partial charge is 0.343 e. The van der Waals surface area contributed by atoms with Gasteiger partial charge in [-0.15, -0.1) is 0 Å². The van der Waals surface area contributed by atoms with Crippen molar-refractivity contribution in [3.8, 4) is 11.8 Å². The molecule has 0 atom stereocenters. The lowest BCUT2D eigenvalue weighted by atomic mass is 10.0. The lowest BCUT2D eigenvalue weighted by Gasteiger charge is -2.05. The van der Waals surface area contributed by atoms with E-state index in [4.69, 9.17) is 4.74 Å². The van der Waals surface area contributed by atoms with E-state index in [0.717, 1.165) is 0 Å². The first kappa shape index (κ1) is 17.8. The molecule has 0 unspecified atom stereocenters. The SMILES string of the molecule is N#C/C(=C\c1ccc(OC(=O)c2ccccc2)cc1)C(=O)c1ccccc1. The minimum absolute atomic E-state index is 0.0373. The molecule has 27 heavy (non-hydrogen) atoms. The van der Waals surface area contributed by atoms with Gasteiger partial charge in [0.05, 0.1) is 5.56 Å². The fraction of sp³-hybridized carbons (Fsp3) is 0. The average molecular weight is 353 g/mol. The zero-order valence-electron chi connectivity index (χ0n) is 14.3. The van der Waals surface area contributed by atoms with Crippen molar-refractivity contribution in [2.24, 2.45) is 0 Å². The van der Waals surface area contributed by atoms with Crippen LogP contribution < -0.4 is 4.74 Å². The zero-order valence-corrected chi connectivity index (χ0v) is 14.3. The predicted octanol–water partition coefficient (Wildman–Crippen LogP) is 4.70. The number of carbonyl (C=O) groups is 2. The molecule has 3 rings (SSSR count). The number of ketones is 1. The monoisotopic (exact) mass is 353 g/mol. The van der Waals surface area contributed by atoms with Crippen LogP contribution in [0.3, 0.4) is 0 Å². The molecule has 0 saturated heterocycles. The molecule has 130 valence electrons. The van der Waals surface area contributed by atoms with E-state index in [2.05, 4.69) is 0 Å². The van der Waals surface area contributed by atoms with E-state index in [1.807, 2.05) is 18.2 Å². The summed E-state index contributed by atoms with van der Waals surface area (Å²) in [5.41, 5.74) is 1.62. The lowest BCUT2D eigenvalue weighted by molar-refractivity contribution is 0.0734. The van der Waals surface area contributed by atoms with Gasteiger partial charge in [0.15, 0.2) is 0 Å². The number of hydrogen-bond acceptors (Lipinski definition) is 4. The molecule has 3 aromatic carbocycles. The van der Waals surface area contributed by atoms with Crippen LogP contribution in [-0.4, -0.2) is 11.8 Å². The van der Waals surface area contributed by atoms with E-state index in [1.54, 1.807) is 72.8 Å². The largest absolute Gasteiger partial charge is 0.423 e. The van der Waals surface area contributed by atoms with E-state index in [0.29, 0.717) is 22.4 Å². The molecule has 0 amide bonds. The summed E-state index contributed by atoms with van der Waals surface area (Å²) in [6.07, 6.45) is 1.51. The molecular formula is C23H15NO3. The molecule has 0 aromatic heterocycles. The average Bonchev–Trinajstić information content (AvgIpc) is 2.74. The lowest BCUT2D eigenvalue weighted by Crippen LogP contribution is -2.07. The Bertz CT molecular complexity index is 1010. The Morgan fingerprint density at radius 3 is 1.89 bits per heavy atom. The highest BCUT2D eigenvalue weighted by Crippen LogP contribution is 2.17. The van der Waals surface area contributed by atoms with Crippen molar-refractivity contribution in [1.82, 2.24) is 0 Å². The quantitative estimate of drug-likeness (QED) is 0.219.